The number of carboxylic acids is 1. The number of carbonyl (C=O) groups is 1. The molecule has 0 fully saturated rings. The maximum absolute atomic E-state index is 10.6. The van der Waals surface area contributed by atoms with Gasteiger partial charge in [-0.2, -0.15) is 0 Å². The first-order chi connectivity index (χ1) is 7.63. The van der Waals surface area contributed by atoms with Crippen LogP contribution in [0.3, 0.4) is 0 Å². The monoisotopic (exact) mass is 214 g/mol. The van der Waals surface area contributed by atoms with Crippen LogP contribution in [0.4, 0.5) is 0 Å². The highest BCUT2D eigenvalue weighted by Gasteiger charge is 1.99. The lowest BCUT2D eigenvalue weighted by Gasteiger charge is -1.97. The lowest BCUT2D eigenvalue weighted by molar-refractivity contribution is -0.132. The molecule has 0 saturated carbocycles. The fourth-order valence-corrected chi connectivity index (χ4v) is 1.19. The van der Waals surface area contributed by atoms with Crippen LogP contribution in [0, 0.1) is 0 Å². The number of hydrogen-bond donors (Lipinski definition) is 1. The summed E-state index contributed by atoms with van der Waals surface area (Å²) in [7, 11) is 0. The zero-order valence-electron chi connectivity index (χ0n) is 9.18. The van der Waals surface area contributed by atoms with Crippen LogP contribution >= 0.6 is 0 Å². The minimum Gasteiger partial charge on any atom is -0.478 e. The Bertz CT molecular complexity index is 436. The van der Waals surface area contributed by atoms with Crippen LogP contribution in [0.15, 0.2) is 48.6 Å². The van der Waals surface area contributed by atoms with Gasteiger partial charge in [0, 0.05) is 5.57 Å². The molecular weight excluding hydrogens is 200 g/mol. The van der Waals surface area contributed by atoms with Crippen molar-refractivity contribution in [3.63, 3.8) is 0 Å². The van der Waals surface area contributed by atoms with E-state index in [0.717, 1.165) is 11.1 Å². The first-order valence-electron chi connectivity index (χ1n) is 4.94. The highest BCUT2D eigenvalue weighted by molar-refractivity contribution is 5.91. The van der Waals surface area contributed by atoms with Gasteiger partial charge in [0.1, 0.15) is 0 Å². The SMILES string of the molecule is C=CC=Cc1ccc(C=C(C)C(=O)O)cc1. The Balaban J connectivity index is 2.87. The fourth-order valence-electron chi connectivity index (χ4n) is 1.19. The molecule has 0 aliphatic carbocycles. The predicted octanol–water partition coefficient (Wildman–Crippen LogP) is 3.37. The van der Waals surface area contributed by atoms with Gasteiger partial charge in [0.15, 0.2) is 0 Å². The Hall–Kier alpha value is -2.09. The number of allylic oxidation sites excluding steroid dienone is 2. The molecule has 16 heavy (non-hydrogen) atoms. The highest BCUT2D eigenvalue weighted by atomic mass is 16.4. The number of carboxylic acid groups (broad SMARTS) is 1. The molecule has 0 amide bonds. The van der Waals surface area contributed by atoms with E-state index in [2.05, 4.69) is 6.58 Å². The third-order valence-electron chi connectivity index (χ3n) is 2.08. The Morgan fingerprint density at radius 3 is 2.31 bits per heavy atom. The van der Waals surface area contributed by atoms with E-state index >= 15 is 0 Å². The van der Waals surface area contributed by atoms with Crippen molar-refractivity contribution in [2.75, 3.05) is 0 Å². The van der Waals surface area contributed by atoms with E-state index in [1.54, 1.807) is 19.1 Å². The molecule has 0 aliphatic heterocycles. The van der Waals surface area contributed by atoms with Gasteiger partial charge < -0.3 is 5.11 Å². The van der Waals surface area contributed by atoms with Gasteiger partial charge in [-0.05, 0) is 24.1 Å². The summed E-state index contributed by atoms with van der Waals surface area (Å²) in [6.07, 6.45) is 7.14. The summed E-state index contributed by atoms with van der Waals surface area (Å²) in [6, 6.07) is 7.63. The predicted molar refractivity (Wildman–Crippen MR) is 67.0 cm³/mol. The molecule has 82 valence electrons. The summed E-state index contributed by atoms with van der Waals surface area (Å²) in [5, 5.41) is 8.72. The van der Waals surface area contributed by atoms with E-state index in [0.29, 0.717) is 5.57 Å². The molecule has 1 N–H and O–H groups in total. The van der Waals surface area contributed by atoms with Gasteiger partial charge in [0.2, 0.25) is 0 Å². The largest absolute Gasteiger partial charge is 0.478 e. The third-order valence-corrected chi connectivity index (χ3v) is 2.08. The van der Waals surface area contributed by atoms with Crippen molar-refractivity contribution in [3.8, 4) is 0 Å². The maximum Gasteiger partial charge on any atom is 0.331 e. The molecule has 0 spiro atoms. The Kier molecular flexibility index (Phi) is 4.28. The molecule has 2 heteroatoms. The van der Waals surface area contributed by atoms with Gasteiger partial charge in [-0.25, -0.2) is 4.79 Å². The van der Waals surface area contributed by atoms with Crippen LogP contribution < -0.4 is 0 Å². The van der Waals surface area contributed by atoms with Crippen LogP contribution in [0.1, 0.15) is 18.1 Å². The van der Waals surface area contributed by atoms with E-state index in [-0.39, 0.29) is 0 Å². The van der Waals surface area contributed by atoms with Crippen LogP contribution in [0.25, 0.3) is 12.2 Å². The Morgan fingerprint density at radius 1 is 1.25 bits per heavy atom. The molecule has 0 radical (unpaired) electrons. The summed E-state index contributed by atoms with van der Waals surface area (Å²) >= 11 is 0. The summed E-state index contributed by atoms with van der Waals surface area (Å²) in [5.74, 6) is -0.893. The molecule has 0 aromatic heterocycles. The minimum absolute atomic E-state index is 0.328. The van der Waals surface area contributed by atoms with Crippen LogP contribution in [0.5, 0.6) is 0 Å². The molecule has 0 atom stereocenters. The normalized spacial score (nSPS) is 11.7. The molecule has 1 rings (SSSR count). The number of hydrogen-bond acceptors (Lipinski definition) is 1. The Labute approximate surface area is 95.2 Å². The Morgan fingerprint density at radius 2 is 1.81 bits per heavy atom. The average Bonchev–Trinajstić information content (AvgIpc) is 2.28. The zero-order valence-corrected chi connectivity index (χ0v) is 9.18. The van der Waals surface area contributed by atoms with Crippen LogP contribution in [-0.4, -0.2) is 11.1 Å². The van der Waals surface area contributed by atoms with Crippen molar-refractivity contribution >= 4 is 18.1 Å². The van der Waals surface area contributed by atoms with Gasteiger partial charge in [-0.1, -0.05) is 49.1 Å². The molecule has 0 aliphatic rings. The van der Waals surface area contributed by atoms with Crippen molar-refractivity contribution in [1.82, 2.24) is 0 Å². The standard InChI is InChI=1S/C14H14O2/c1-3-4-5-12-6-8-13(9-7-12)10-11(2)14(15)16/h3-10H,1H2,2H3,(H,15,16). The zero-order chi connectivity index (χ0) is 12.0. The lowest BCUT2D eigenvalue weighted by Crippen LogP contribution is -1.95. The quantitative estimate of drug-likeness (QED) is 0.616. The first-order valence-corrected chi connectivity index (χ1v) is 4.94. The molecule has 0 saturated heterocycles. The smallest absolute Gasteiger partial charge is 0.331 e. The molecule has 0 unspecified atom stereocenters. The van der Waals surface area contributed by atoms with Crippen molar-refractivity contribution in [2.45, 2.75) is 6.92 Å². The van der Waals surface area contributed by atoms with Crippen molar-refractivity contribution in [3.05, 3.63) is 59.7 Å². The summed E-state index contributed by atoms with van der Waals surface area (Å²) in [5.41, 5.74) is 2.27. The van der Waals surface area contributed by atoms with Gasteiger partial charge in [0.05, 0.1) is 0 Å². The molecule has 0 bridgehead atoms. The van der Waals surface area contributed by atoms with Crippen LogP contribution in [0.2, 0.25) is 0 Å². The number of rotatable bonds is 4. The molecule has 0 heterocycles. The summed E-state index contributed by atoms with van der Waals surface area (Å²) in [6.45, 7) is 5.17. The second-order valence-electron chi connectivity index (χ2n) is 3.39. The summed E-state index contributed by atoms with van der Waals surface area (Å²) < 4.78 is 0. The van der Waals surface area contributed by atoms with E-state index in [4.69, 9.17) is 5.11 Å². The molecule has 1 aromatic carbocycles. The molecule has 2 nitrogen and oxygen atoms in total. The molecule has 1 aromatic rings. The number of benzene rings is 1. The average molecular weight is 214 g/mol. The molecular formula is C14H14O2. The lowest BCUT2D eigenvalue weighted by atomic mass is 10.1. The third kappa shape index (κ3) is 3.58. The van der Waals surface area contributed by atoms with Crippen LogP contribution in [-0.2, 0) is 4.79 Å². The van der Waals surface area contributed by atoms with Crippen molar-refractivity contribution in [1.29, 1.82) is 0 Å². The summed E-state index contributed by atoms with van der Waals surface area (Å²) in [4.78, 5) is 10.6. The van der Waals surface area contributed by atoms with Gasteiger partial charge in [-0.15, -0.1) is 0 Å². The number of aliphatic carboxylic acids is 1. The van der Waals surface area contributed by atoms with Gasteiger partial charge in [-0.3, -0.25) is 0 Å². The van der Waals surface area contributed by atoms with Crippen molar-refractivity contribution in [2.24, 2.45) is 0 Å². The second kappa shape index (κ2) is 5.71. The van der Waals surface area contributed by atoms with E-state index in [1.165, 1.54) is 0 Å². The second-order valence-corrected chi connectivity index (χ2v) is 3.39. The fraction of sp³-hybridized carbons (Fsp3) is 0.0714. The first kappa shape index (κ1) is 12.0. The van der Waals surface area contributed by atoms with E-state index in [1.807, 2.05) is 36.4 Å². The van der Waals surface area contributed by atoms with E-state index < -0.39 is 5.97 Å². The topological polar surface area (TPSA) is 37.3 Å². The van der Waals surface area contributed by atoms with E-state index in [9.17, 15) is 4.79 Å². The maximum atomic E-state index is 10.6. The minimum atomic E-state index is -0.893. The highest BCUT2D eigenvalue weighted by Crippen LogP contribution is 2.10. The van der Waals surface area contributed by atoms with Gasteiger partial charge in [0.25, 0.3) is 0 Å². The van der Waals surface area contributed by atoms with Crippen molar-refractivity contribution < 1.29 is 9.90 Å². The van der Waals surface area contributed by atoms with Gasteiger partial charge >= 0.3 is 5.97 Å².